The number of nitriles is 1. The van der Waals surface area contributed by atoms with Crippen molar-refractivity contribution in [2.75, 3.05) is 0 Å². The number of fused-ring (bicyclic) bond motifs is 1. The molecule has 0 N–H and O–H groups in total. The van der Waals surface area contributed by atoms with E-state index in [1.807, 2.05) is 12.1 Å². The highest BCUT2D eigenvalue weighted by Gasteiger charge is 2.17. The van der Waals surface area contributed by atoms with Crippen LogP contribution in [0.5, 0.6) is 0 Å². The van der Waals surface area contributed by atoms with Gasteiger partial charge in [-0.15, -0.1) is 0 Å². The molecule has 0 spiro atoms. The molecule has 0 saturated carbocycles. The van der Waals surface area contributed by atoms with Gasteiger partial charge in [0, 0.05) is 15.1 Å². The van der Waals surface area contributed by atoms with Crippen molar-refractivity contribution in [2.45, 2.75) is 6.42 Å². The molecule has 0 radical (unpaired) electrons. The van der Waals surface area contributed by atoms with Crippen LogP contribution in [0.15, 0.2) is 39.3 Å². The molecule has 21 heavy (non-hydrogen) atoms. The van der Waals surface area contributed by atoms with Crippen LogP contribution in [-0.4, -0.2) is 5.16 Å². The van der Waals surface area contributed by atoms with E-state index < -0.39 is 0 Å². The van der Waals surface area contributed by atoms with Crippen molar-refractivity contribution in [1.29, 1.82) is 5.26 Å². The molecule has 0 fully saturated rings. The SMILES string of the molecule is N#CCc1cc(Cl)cc2c(-c3ccc(Br)cc3Cl)onc12. The standard InChI is InChI=1S/C15H7BrCl2N2O/c16-9-1-2-11(13(18)6-9)15-12-7-10(17)5-8(3-4-19)14(12)20-21-15/h1-2,5-7H,3H2. The molecule has 1 heterocycles. The second-order valence-corrected chi connectivity index (χ2v) is 6.19. The Bertz CT molecular complexity index is 883. The quantitative estimate of drug-likeness (QED) is 0.577. The van der Waals surface area contributed by atoms with Gasteiger partial charge in [0.15, 0.2) is 5.76 Å². The third-order valence-electron chi connectivity index (χ3n) is 3.07. The second-order valence-electron chi connectivity index (χ2n) is 4.43. The number of hydrogen-bond acceptors (Lipinski definition) is 3. The van der Waals surface area contributed by atoms with Crippen molar-refractivity contribution in [3.63, 3.8) is 0 Å². The molecule has 6 heteroatoms. The molecular weight excluding hydrogens is 375 g/mol. The molecule has 1 aromatic heterocycles. The van der Waals surface area contributed by atoms with Crippen LogP contribution in [0.3, 0.4) is 0 Å². The van der Waals surface area contributed by atoms with E-state index in [9.17, 15) is 0 Å². The number of halogens is 3. The Balaban J connectivity index is 2.27. The lowest BCUT2D eigenvalue weighted by molar-refractivity contribution is 0.440. The Morgan fingerprint density at radius 1 is 1.24 bits per heavy atom. The van der Waals surface area contributed by atoms with Crippen LogP contribution >= 0.6 is 39.1 Å². The molecule has 3 aromatic rings. The van der Waals surface area contributed by atoms with Crippen LogP contribution in [0.4, 0.5) is 0 Å². The predicted octanol–water partition coefficient (Wildman–Crippen LogP) is 5.63. The highest BCUT2D eigenvalue weighted by molar-refractivity contribution is 9.10. The number of aromatic nitrogens is 1. The maximum atomic E-state index is 8.89. The lowest BCUT2D eigenvalue weighted by atomic mass is 10.0. The zero-order chi connectivity index (χ0) is 15.0. The number of hydrogen-bond donors (Lipinski definition) is 0. The van der Waals surface area contributed by atoms with Crippen LogP contribution in [0.2, 0.25) is 10.0 Å². The molecule has 0 unspecified atom stereocenters. The minimum atomic E-state index is 0.219. The topological polar surface area (TPSA) is 49.8 Å². The van der Waals surface area contributed by atoms with Crippen molar-refractivity contribution in [1.82, 2.24) is 5.16 Å². The van der Waals surface area contributed by atoms with E-state index in [4.69, 9.17) is 33.0 Å². The minimum absolute atomic E-state index is 0.219. The molecule has 0 aliphatic heterocycles. The van der Waals surface area contributed by atoms with Gasteiger partial charge in [-0.3, -0.25) is 0 Å². The molecule has 2 aromatic carbocycles. The highest BCUT2D eigenvalue weighted by Crippen LogP contribution is 2.37. The van der Waals surface area contributed by atoms with Crippen molar-refractivity contribution in [3.8, 4) is 17.4 Å². The third-order valence-corrected chi connectivity index (χ3v) is 4.10. The molecule has 3 nitrogen and oxygen atoms in total. The van der Waals surface area contributed by atoms with Gasteiger partial charge in [0.1, 0.15) is 5.52 Å². The van der Waals surface area contributed by atoms with Crippen LogP contribution in [0, 0.1) is 11.3 Å². The minimum Gasteiger partial charge on any atom is -0.355 e. The smallest absolute Gasteiger partial charge is 0.176 e. The summed E-state index contributed by atoms with van der Waals surface area (Å²) in [4.78, 5) is 0. The fourth-order valence-corrected chi connectivity index (χ4v) is 3.16. The first-order chi connectivity index (χ1) is 10.1. The fourth-order valence-electron chi connectivity index (χ4n) is 2.16. The van der Waals surface area contributed by atoms with Crippen molar-refractivity contribution in [3.05, 3.63) is 50.4 Å². The Labute approximate surface area is 139 Å². The van der Waals surface area contributed by atoms with Gasteiger partial charge < -0.3 is 4.52 Å². The Hall–Kier alpha value is -1.54. The normalized spacial score (nSPS) is 10.8. The second kappa shape index (κ2) is 5.69. The summed E-state index contributed by atoms with van der Waals surface area (Å²) < 4.78 is 6.32. The molecule has 0 bridgehead atoms. The molecule has 0 atom stereocenters. The monoisotopic (exact) mass is 380 g/mol. The molecule has 0 amide bonds. The van der Waals surface area contributed by atoms with Crippen LogP contribution in [0.1, 0.15) is 5.56 Å². The summed E-state index contributed by atoms with van der Waals surface area (Å²) >= 11 is 15.7. The van der Waals surface area contributed by atoms with E-state index in [1.54, 1.807) is 18.2 Å². The van der Waals surface area contributed by atoms with Crippen LogP contribution in [-0.2, 0) is 6.42 Å². The molecule has 104 valence electrons. The van der Waals surface area contributed by atoms with Crippen LogP contribution < -0.4 is 0 Å². The zero-order valence-corrected chi connectivity index (χ0v) is 13.6. The van der Waals surface area contributed by atoms with Crippen molar-refractivity contribution >= 4 is 50.0 Å². The van der Waals surface area contributed by atoms with Gasteiger partial charge in [-0.1, -0.05) is 44.3 Å². The zero-order valence-electron chi connectivity index (χ0n) is 10.5. The predicted molar refractivity (Wildman–Crippen MR) is 86.5 cm³/mol. The van der Waals surface area contributed by atoms with Gasteiger partial charge in [-0.25, -0.2) is 0 Å². The first kappa shape index (κ1) is 14.4. The summed E-state index contributed by atoms with van der Waals surface area (Å²) in [6, 6.07) is 11.1. The van der Waals surface area contributed by atoms with Gasteiger partial charge in [-0.05, 0) is 35.9 Å². The van der Waals surface area contributed by atoms with Crippen LogP contribution in [0.25, 0.3) is 22.2 Å². The Morgan fingerprint density at radius 3 is 2.76 bits per heavy atom. The molecular formula is C15H7BrCl2N2O. The summed E-state index contributed by atoms with van der Waals surface area (Å²) in [6.07, 6.45) is 0.219. The van der Waals surface area contributed by atoms with E-state index in [1.165, 1.54) is 0 Å². The molecule has 0 aliphatic rings. The largest absolute Gasteiger partial charge is 0.355 e. The summed E-state index contributed by atoms with van der Waals surface area (Å²) in [6.45, 7) is 0. The summed E-state index contributed by atoms with van der Waals surface area (Å²) in [5.74, 6) is 0.546. The van der Waals surface area contributed by atoms with Gasteiger partial charge in [0.25, 0.3) is 0 Å². The van der Waals surface area contributed by atoms with Gasteiger partial charge >= 0.3 is 0 Å². The number of nitrogens with zero attached hydrogens (tertiary/aromatic N) is 2. The van der Waals surface area contributed by atoms with E-state index in [0.717, 1.165) is 21.0 Å². The highest BCUT2D eigenvalue weighted by atomic mass is 79.9. The maximum absolute atomic E-state index is 8.89. The summed E-state index contributed by atoms with van der Waals surface area (Å²) in [5.41, 5.74) is 2.10. The fraction of sp³-hybridized carbons (Fsp3) is 0.0667. The molecule has 0 aliphatic carbocycles. The molecule has 3 rings (SSSR count). The van der Waals surface area contributed by atoms with E-state index in [0.29, 0.717) is 21.3 Å². The van der Waals surface area contributed by atoms with Crippen molar-refractivity contribution in [2.24, 2.45) is 0 Å². The van der Waals surface area contributed by atoms with Gasteiger partial charge in [0.2, 0.25) is 0 Å². The first-order valence-electron chi connectivity index (χ1n) is 6.00. The summed E-state index contributed by atoms with van der Waals surface area (Å²) in [7, 11) is 0. The van der Waals surface area contributed by atoms with E-state index >= 15 is 0 Å². The first-order valence-corrected chi connectivity index (χ1v) is 7.55. The maximum Gasteiger partial charge on any atom is 0.176 e. The average Bonchev–Trinajstić information content (AvgIpc) is 2.83. The average molecular weight is 382 g/mol. The van der Waals surface area contributed by atoms with E-state index in [2.05, 4.69) is 27.2 Å². The van der Waals surface area contributed by atoms with E-state index in [-0.39, 0.29) is 6.42 Å². The van der Waals surface area contributed by atoms with Gasteiger partial charge in [-0.2, -0.15) is 5.26 Å². The Morgan fingerprint density at radius 2 is 2.05 bits per heavy atom. The lowest BCUT2D eigenvalue weighted by Crippen LogP contribution is -1.85. The van der Waals surface area contributed by atoms with Gasteiger partial charge in [0.05, 0.1) is 22.9 Å². The molecule has 0 saturated heterocycles. The third kappa shape index (κ3) is 2.65. The van der Waals surface area contributed by atoms with Crippen molar-refractivity contribution < 1.29 is 4.52 Å². The number of rotatable bonds is 2. The lowest BCUT2D eigenvalue weighted by Gasteiger charge is -2.02. The summed E-state index contributed by atoms with van der Waals surface area (Å²) in [5, 5.41) is 14.8. The number of benzene rings is 2. The Kier molecular flexibility index (Phi) is 3.90.